The number of carbonyl (C=O) groups is 2. The molecule has 0 N–H and O–H groups in total. The van der Waals surface area contributed by atoms with Crippen LogP contribution in [0.3, 0.4) is 0 Å². The number of rotatable bonds is 5. The van der Waals surface area contributed by atoms with Gasteiger partial charge in [0.2, 0.25) is 0 Å². The lowest BCUT2D eigenvalue weighted by Gasteiger charge is -2.39. The number of aromatic nitrogens is 2. The minimum absolute atomic E-state index is 0. The highest BCUT2D eigenvalue weighted by Gasteiger charge is 2.47. The van der Waals surface area contributed by atoms with E-state index in [4.69, 9.17) is 19.2 Å². The summed E-state index contributed by atoms with van der Waals surface area (Å²) in [5, 5.41) is 0.907. The number of hydrogen-bond donors (Lipinski definition) is 0. The second kappa shape index (κ2) is 12.2. The number of methoxy groups -OCH3 is 1. The van der Waals surface area contributed by atoms with E-state index < -0.39 is 11.6 Å². The summed E-state index contributed by atoms with van der Waals surface area (Å²) >= 11 is 0. The predicted molar refractivity (Wildman–Crippen MR) is 171 cm³/mol. The molecule has 1 atom stereocenters. The molecule has 3 aromatic rings. The van der Waals surface area contributed by atoms with Gasteiger partial charge in [0.15, 0.2) is 5.60 Å². The molecule has 10 nitrogen and oxygen atoms in total. The minimum Gasteiger partial charge on any atom is -0.458 e. The molecule has 1 aromatic carbocycles. The van der Waals surface area contributed by atoms with Crippen LogP contribution in [0.1, 0.15) is 82.1 Å². The van der Waals surface area contributed by atoms with Crippen molar-refractivity contribution in [3.63, 3.8) is 0 Å². The topological polar surface area (TPSA) is 103 Å². The van der Waals surface area contributed by atoms with E-state index in [1.807, 2.05) is 30.0 Å². The van der Waals surface area contributed by atoms with Crippen molar-refractivity contribution >= 4 is 23.0 Å². The van der Waals surface area contributed by atoms with Gasteiger partial charge in [0.1, 0.15) is 12.4 Å². The van der Waals surface area contributed by atoms with E-state index in [2.05, 4.69) is 11.8 Å². The number of ether oxygens (including phenoxy) is 3. The summed E-state index contributed by atoms with van der Waals surface area (Å²) < 4.78 is 18.7. The number of likely N-dealkylation sites (tertiary alicyclic amines) is 2. The van der Waals surface area contributed by atoms with Crippen LogP contribution in [-0.2, 0) is 39.4 Å². The van der Waals surface area contributed by atoms with Crippen LogP contribution < -0.4 is 10.3 Å². The lowest BCUT2D eigenvalue weighted by molar-refractivity contribution is -0.176. The first-order valence-electron chi connectivity index (χ1n) is 16.0. The molecule has 6 heterocycles. The van der Waals surface area contributed by atoms with Crippen molar-refractivity contribution in [1.82, 2.24) is 19.4 Å². The molecule has 10 heteroatoms. The molecule has 1 unspecified atom stereocenters. The van der Waals surface area contributed by atoms with Gasteiger partial charge in [0.05, 0.1) is 29.0 Å². The molecule has 4 aliphatic rings. The number of aryl methyl sites for hydroxylation is 1. The van der Waals surface area contributed by atoms with Gasteiger partial charge in [-0.25, -0.2) is 14.6 Å². The van der Waals surface area contributed by atoms with Crippen LogP contribution in [0.5, 0.6) is 5.75 Å². The number of benzene rings is 1. The smallest absolute Gasteiger partial charge is 0.415 e. The quantitative estimate of drug-likeness (QED) is 0.276. The van der Waals surface area contributed by atoms with Gasteiger partial charge in [0.25, 0.3) is 5.56 Å². The first-order chi connectivity index (χ1) is 21.4. The van der Waals surface area contributed by atoms with Crippen molar-refractivity contribution in [3.05, 3.63) is 56.9 Å². The van der Waals surface area contributed by atoms with Crippen LogP contribution in [0.15, 0.2) is 29.1 Å². The molecule has 2 fully saturated rings. The van der Waals surface area contributed by atoms with Crippen LogP contribution in [-0.4, -0.2) is 70.7 Å². The number of esters is 1. The number of carbonyl (C=O) groups excluding carboxylic acids is 2. The fourth-order valence-electron chi connectivity index (χ4n) is 7.80. The third-order valence-corrected chi connectivity index (χ3v) is 10.3. The zero-order valence-electron chi connectivity index (χ0n) is 25.8. The van der Waals surface area contributed by atoms with E-state index in [0.717, 1.165) is 40.6 Å². The molecule has 0 bridgehead atoms. The van der Waals surface area contributed by atoms with Gasteiger partial charge in [-0.1, -0.05) is 27.7 Å². The Kier molecular flexibility index (Phi) is 8.47. The molecule has 0 aliphatic carbocycles. The number of hydrogen-bond acceptors (Lipinski definition) is 8. The summed E-state index contributed by atoms with van der Waals surface area (Å²) in [5.74, 6) is 0.00969. The summed E-state index contributed by atoms with van der Waals surface area (Å²) in [6.07, 6.45) is 6.58. The number of amides is 1. The van der Waals surface area contributed by atoms with Crippen molar-refractivity contribution in [2.24, 2.45) is 0 Å². The number of nitrogens with zero attached hydrogens (tertiary/aromatic N) is 4. The van der Waals surface area contributed by atoms with E-state index in [1.54, 1.807) is 10.6 Å². The van der Waals surface area contributed by atoms with E-state index in [-0.39, 0.29) is 25.7 Å². The van der Waals surface area contributed by atoms with E-state index in [0.29, 0.717) is 61.1 Å². The van der Waals surface area contributed by atoms with Gasteiger partial charge in [-0.05, 0) is 81.4 Å². The Balaban J connectivity index is 0.00000357. The van der Waals surface area contributed by atoms with E-state index in [1.165, 1.54) is 39.5 Å². The highest BCUT2D eigenvalue weighted by Crippen LogP contribution is 2.42. The van der Waals surface area contributed by atoms with Gasteiger partial charge < -0.3 is 28.6 Å². The van der Waals surface area contributed by atoms with Crippen molar-refractivity contribution in [2.45, 2.75) is 91.0 Å². The van der Waals surface area contributed by atoms with Crippen molar-refractivity contribution in [3.8, 4) is 17.1 Å². The first-order valence-corrected chi connectivity index (χ1v) is 16.0. The summed E-state index contributed by atoms with van der Waals surface area (Å²) in [4.78, 5) is 49.2. The zero-order valence-corrected chi connectivity index (χ0v) is 25.8. The molecule has 2 aromatic heterocycles. The molecule has 0 radical (unpaired) electrons. The van der Waals surface area contributed by atoms with Crippen LogP contribution >= 0.6 is 0 Å². The number of fused-ring (bicyclic) bond motifs is 5. The van der Waals surface area contributed by atoms with Gasteiger partial charge in [-0.3, -0.25) is 4.79 Å². The monoisotopic (exact) mass is 616 g/mol. The zero-order chi connectivity index (χ0) is 30.6. The first kappa shape index (κ1) is 31.2. The molecule has 45 heavy (non-hydrogen) atoms. The summed E-state index contributed by atoms with van der Waals surface area (Å²) in [6.45, 7) is 7.99. The van der Waals surface area contributed by atoms with Crippen molar-refractivity contribution < 1.29 is 23.8 Å². The van der Waals surface area contributed by atoms with Gasteiger partial charge in [0, 0.05) is 42.8 Å². The molecule has 4 aliphatic heterocycles. The summed E-state index contributed by atoms with van der Waals surface area (Å²) in [7, 11) is 1.47. The normalized spacial score (nSPS) is 21.5. The Morgan fingerprint density at radius 3 is 2.49 bits per heavy atom. The van der Waals surface area contributed by atoms with Gasteiger partial charge in [-0.2, -0.15) is 0 Å². The Labute approximate surface area is 264 Å². The number of cyclic esters (lactones) is 1. The Morgan fingerprint density at radius 2 is 1.80 bits per heavy atom. The summed E-state index contributed by atoms with van der Waals surface area (Å²) in [6, 6.07) is 8.01. The molecule has 0 saturated carbocycles. The largest absolute Gasteiger partial charge is 0.458 e. The minimum atomic E-state index is -1.32. The molecule has 0 spiro atoms. The van der Waals surface area contributed by atoms with Crippen LogP contribution in [0.25, 0.3) is 22.3 Å². The van der Waals surface area contributed by atoms with Crippen molar-refractivity contribution in [1.29, 1.82) is 0 Å². The Hall–Kier alpha value is -3.76. The third-order valence-electron chi connectivity index (χ3n) is 10.3. The average molecular weight is 617 g/mol. The summed E-state index contributed by atoms with van der Waals surface area (Å²) in [5.41, 5.74) is 3.69. The lowest BCUT2D eigenvalue weighted by Crippen LogP contribution is -2.48. The van der Waals surface area contributed by atoms with Crippen LogP contribution in [0.2, 0.25) is 0 Å². The maximum atomic E-state index is 13.8. The Morgan fingerprint density at radius 1 is 1.04 bits per heavy atom. The average Bonchev–Trinajstić information content (AvgIpc) is 3.43. The van der Waals surface area contributed by atoms with E-state index in [9.17, 15) is 14.4 Å². The predicted octanol–water partition coefficient (Wildman–Crippen LogP) is 5.38. The molecule has 7 rings (SSSR count). The SMILES string of the molecule is C.CCc1c2c(nc3ccc(OC(=O)N4CCC(N5CCCCC5)CC4)cc13)-c1cc3c(c(=O)n1C2)COC(=O)C3(CC)OC. The fourth-order valence-corrected chi connectivity index (χ4v) is 7.80. The standard InChI is InChI=1S/C34H40N4O6.CH4/c1-4-23-24-17-22(44-33(41)37-15-11-21(12-16-37)36-13-7-6-8-14-36)9-10-28(24)35-30-25(23)19-38-29(30)18-27-26(31(38)39)20-43-32(40)34(27,5-2)42-3;/h9-10,17-18,21H,4-8,11-16,19-20H2,1-3H3;1H4. The third kappa shape index (κ3) is 5.02. The molecular weight excluding hydrogens is 572 g/mol. The highest BCUT2D eigenvalue weighted by atomic mass is 16.6. The fraction of sp³-hybridized carbons (Fsp3) is 0.543. The van der Waals surface area contributed by atoms with Crippen LogP contribution in [0.4, 0.5) is 4.79 Å². The maximum absolute atomic E-state index is 13.8. The second-order valence-electron chi connectivity index (χ2n) is 12.4. The van der Waals surface area contributed by atoms with Gasteiger partial charge >= 0.3 is 12.1 Å². The maximum Gasteiger partial charge on any atom is 0.415 e. The van der Waals surface area contributed by atoms with Crippen molar-refractivity contribution in [2.75, 3.05) is 33.3 Å². The number of pyridine rings is 2. The molecule has 240 valence electrons. The molecule has 1 amide bonds. The number of piperidine rings is 2. The van der Waals surface area contributed by atoms with Crippen LogP contribution in [0, 0.1) is 0 Å². The second-order valence-corrected chi connectivity index (χ2v) is 12.4. The van der Waals surface area contributed by atoms with Gasteiger partial charge in [-0.15, -0.1) is 0 Å². The highest BCUT2D eigenvalue weighted by molar-refractivity contribution is 5.90. The lowest BCUT2D eigenvalue weighted by atomic mass is 9.85. The Bertz CT molecular complexity index is 1700. The van der Waals surface area contributed by atoms with E-state index >= 15 is 0 Å². The molecule has 2 saturated heterocycles. The molecular formula is C35H44N4O6.